The first-order valence-corrected chi connectivity index (χ1v) is 22.2. The van der Waals surface area contributed by atoms with E-state index in [1.807, 2.05) is 11.3 Å². The minimum absolute atomic E-state index is 0.898. The molecule has 0 aliphatic heterocycles. The summed E-state index contributed by atoms with van der Waals surface area (Å²) in [4.78, 5) is 2.37. The van der Waals surface area contributed by atoms with Crippen LogP contribution in [-0.4, -0.2) is 0 Å². The highest BCUT2D eigenvalue weighted by Crippen LogP contribution is 2.46. The van der Waals surface area contributed by atoms with Crippen LogP contribution in [0.4, 0.5) is 17.1 Å². The monoisotopic (exact) mass is 821 g/mol. The molecule has 296 valence electrons. The molecule has 10 aromatic carbocycles. The summed E-state index contributed by atoms with van der Waals surface area (Å²) < 4.78 is 9.14. The highest BCUT2D eigenvalue weighted by molar-refractivity contribution is 7.26. The summed E-state index contributed by atoms with van der Waals surface area (Å²) in [5.74, 6) is 0. The summed E-state index contributed by atoms with van der Waals surface area (Å²) in [6.07, 6.45) is 0. The quantitative estimate of drug-likeness (QED) is 0.152. The fourth-order valence-corrected chi connectivity index (χ4v) is 10.4. The topological polar surface area (TPSA) is 16.4 Å². The molecule has 0 radical (unpaired) electrons. The van der Waals surface area contributed by atoms with E-state index in [0.717, 1.165) is 44.7 Å². The lowest BCUT2D eigenvalue weighted by molar-refractivity contribution is 0.669. The van der Waals surface area contributed by atoms with Crippen LogP contribution in [0.2, 0.25) is 0 Å². The second-order valence-electron chi connectivity index (χ2n) is 16.1. The molecular weight excluding hydrogens is 783 g/mol. The molecule has 0 saturated heterocycles. The maximum Gasteiger partial charge on any atom is 0.136 e. The van der Waals surface area contributed by atoms with Crippen molar-refractivity contribution in [2.45, 2.75) is 0 Å². The summed E-state index contributed by atoms with van der Waals surface area (Å²) >= 11 is 1.85. The number of anilines is 3. The van der Waals surface area contributed by atoms with Crippen LogP contribution < -0.4 is 4.90 Å². The van der Waals surface area contributed by atoms with Gasteiger partial charge in [-0.05, 0) is 116 Å². The highest BCUT2D eigenvalue weighted by Gasteiger charge is 2.20. The van der Waals surface area contributed by atoms with Gasteiger partial charge in [-0.25, -0.2) is 0 Å². The van der Waals surface area contributed by atoms with E-state index >= 15 is 0 Å². The fraction of sp³-hybridized carbons (Fsp3) is 0. The van der Waals surface area contributed by atoms with Gasteiger partial charge in [0.2, 0.25) is 0 Å². The van der Waals surface area contributed by atoms with Crippen LogP contribution in [0.25, 0.3) is 97.7 Å². The van der Waals surface area contributed by atoms with Gasteiger partial charge in [0.25, 0.3) is 0 Å². The average Bonchev–Trinajstić information content (AvgIpc) is 3.94. The van der Waals surface area contributed by atoms with E-state index in [1.165, 1.54) is 70.1 Å². The van der Waals surface area contributed by atoms with E-state index in [1.54, 1.807) is 0 Å². The SMILES string of the molecule is c1ccc(-c2ccc(-c3ccc(N(c4ccc(-c5ccc(-c6ccccc6)cc5)cc4)c4cccc(-c5cccc6oc7ccc8c9ccccc9sc8c7c56)c4)cc3)cc2)cc1. The molecule has 0 fully saturated rings. The maximum atomic E-state index is 6.58. The predicted molar refractivity (Wildman–Crippen MR) is 268 cm³/mol. The van der Waals surface area contributed by atoms with E-state index in [-0.39, 0.29) is 0 Å². The Kier molecular flexibility index (Phi) is 9.06. The van der Waals surface area contributed by atoms with Crippen LogP contribution in [0, 0.1) is 0 Å². The van der Waals surface area contributed by atoms with Crippen LogP contribution in [0.1, 0.15) is 0 Å². The van der Waals surface area contributed by atoms with Crippen molar-refractivity contribution in [3.8, 4) is 55.6 Å². The molecule has 0 atom stereocenters. The first kappa shape index (κ1) is 36.8. The lowest BCUT2D eigenvalue weighted by Gasteiger charge is -2.26. The van der Waals surface area contributed by atoms with E-state index < -0.39 is 0 Å². The zero-order valence-corrected chi connectivity index (χ0v) is 35.1. The van der Waals surface area contributed by atoms with Crippen LogP contribution >= 0.6 is 11.3 Å². The summed E-state index contributed by atoms with van der Waals surface area (Å²) in [5, 5.41) is 4.89. The molecule has 0 N–H and O–H groups in total. The maximum absolute atomic E-state index is 6.58. The van der Waals surface area contributed by atoms with Gasteiger partial charge in [-0.3, -0.25) is 0 Å². The molecule has 0 aliphatic rings. The minimum atomic E-state index is 0.898. The summed E-state index contributed by atoms with van der Waals surface area (Å²) in [5.41, 5.74) is 16.9. The van der Waals surface area contributed by atoms with Crippen molar-refractivity contribution in [3.63, 3.8) is 0 Å². The van der Waals surface area contributed by atoms with Crippen molar-refractivity contribution in [3.05, 3.63) is 237 Å². The molecule has 12 rings (SSSR count). The molecule has 3 heteroatoms. The third kappa shape index (κ3) is 6.67. The van der Waals surface area contributed by atoms with E-state index in [2.05, 4.69) is 241 Å². The number of hydrogen-bond donors (Lipinski definition) is 0. The number of furan rings is 1. The number of thiophene rings is 1. The number of rotatable bonds is 8. The van der Waals surface area contributed by atoms with Crippen molar-refractivity contribution in [2.75, 3.05) is 4.90 Å². The average molecular weight is 822 g/mol. The lowest BCUT2D eigenvalue weighted by atomic mass is 9.97. The Morgan fingerprint density at radius 1 is 0.302 bits per heavy atom. The zero-order chi connectivity index (χ0) is 41.7. The van der Waals surface area contributed by atoms with Gasteiger partial charge >= 0.3 is 0 Å². The summed E-state index contributed by atoms with van der Waals surface area (Å²) in [6, 6.07) is 85.2. The largest absolute Gasteiger partial charge is 0.456 e. The molecule has 63 heavy (non-hydrogen) atoms. The van der Waals surface area contributed by atoms with Gasteiger partial charge in [-0.1, -0.05) is 176 Å². The smallest absolute Gasteiger partial charge is 0.136 e. The second kappa shape index (κ2) is 15.5. The molecule has 2 nitrogen and oxygen atoms in total. The molecule has 0 saturated carbocycles. The molecule has 0 aliphatic carbocycles. The first-order valence-electron chi connectivity index (χ1n) is 21.4. The van der Waals surface area contributed by atoms with Crippen LogP contribution in [0.15, 0.2) is 241 Å². The Morgan fingerprint density at radius 2 is 0.762 bits per heavy atom. The molecule has 0 spiro atoms. The third-order valence-electron chi connectivity index (χ3n) is 12.3. The Morgan fingerprint density at radius 3 is 1.33 bits per heavy atom. The molecule has 0 amide bonds. The van der Waals surface area contributed by atoms with Crippen molar-refractivity contribution in [1.29, 1.82) is 0 Å². The van der Waals surface area contributed by atoms with Gasteiger partial charge in [0.1, 0.15) is 11.2 Å². The van der Waals surface area contributed by atoms with Crippen molar-refractivity contribution in [2.24, 2.45) is 0 Å². The van der Waals surface area contributed by atoms with Gasteiger partial charge in [0, 0.05) is 48.0 Å². The van der Waals surface area contributed by atoms with E-state index in [9.17, 15) is 0 Å². The van der Waals surface area contributed by atoms with E-state index in [0.29, 0.717) is 0 Å². The van der Waals surface area contributed by atoms with Gasteiger partial charge in [-0.2, -0.15) is 0 Å². The number of benzene rings is 10. The Hall–Kier alpha value is -7.98. The highest BCUT2D eigenvalue weighted by atomic mass is 32.1. The van der Waals surface area contributed by atoms with Crippen molar-refractivity contribution in [1.82, 2.24) is 0 Å². The number of nitrogens with zero attached hydrogens (tertiary/aromatic N) is 1. The second-order valence-corrected chi connectivity index (χ2v) is 17.1. The Bertz CT molecular complexity index is 3440. The Labute approximate surface area is 370 Å². The molecule has 2 heterocycles. The zero-order valence-electron chi connectivity index (χ0n) is 34.3. The molecule has 0 bridgehead atoms. The number of fused-ring (bicyclic) bond motifs is 7. The van der Waals surface area contributed by atoms with Crippen LogP contribution in [0.5, 0.6) is 0 Å². The van der Waals surface area contributed by atoms with E-state index in [4.69, 9.17) is 4.42 Å². The van der Waals surface area contributed by atoms with Crippen LogP contribution in [-0.2, 0) is 0 Å². The minimum Gasteiger partial charge on any atom is -0.456 e. The summed E-state index contributed by atoms with van der Waals surface area (Å²) in [6.45, 7) is 0. The lowest BCUT2D eigenvalue weighted by Crippen LogP contribution is -2.10. The van der Waals surface area contributed by atoms with Crippen molar-refractivity contribution >= 4 is 70.5 Å². The normalized spacial score (nSPS) is 11.5. The molecule has 2 aromatic heterocycles. The van der Waals surface area contributed by atoms with Gasteiger partial charge < -0.3 is 9.32 Å². The standard InChI is InChI=1S/C60H39NOS/c1-3-11-40(12-4-1)42-21-25-44(26-22-42)46-29-33-49(34-30-46)61(50-35-31-47(32-36-50)45-27-23-43(24-28-45)41-13-5-2-6-14-41)51-16-9-15-48(39-51)52-18-10-19-55-58(52)59-56(62-55)38-37-54-53-17-7-8-20-57(53)63-60(54)59/h1-39H. The third-order valence-corrected chi connectivity index (χ3v) is 13.5. The van der Waals surface area contributed by atoms with Gasteiger partial charge in [-0.15, -0.1) is 11.3 Å². The summed E-state index contributed by atoms with van der Waals surface area (Å²) in [7, 11) is 0. The number of hydrogen-bond acceptors (Lipinski definition) is 3. The molecular formula is C60H39NOS. The first-order chi connectivity index (χ1) is 31.2. The predicted octanol–water partition coefficient (Wildman–Crippen LogP) is 17.8. The molecule has 0 unspecified atom stereocenters. The van der Waals surface area contributed by atoms with Crippen LogP contribution in [0.3, 0.4) is 0 Å². The fourth-order valence-electron chi connectivity index (χ4n) is 9.16. The van der Waals surface area contributed by atoms with Gasteiger partial charge in [0.15, 0.2) is 0 Å². The molecule has 12 aromatic rings. The Balaban J connectivity index is 0.950. The van der Waals surface area contributed by atoms with Gasteiger partial charge in [0.05, 0.1) is 0 Å². The van der Waals surface area contributed by atoms with Crippen molar-refractivity contribution < 1.29 is 4.42 Å².